The topological polar surface area (TPSA) is 9.72 Å². The van der Waals surface area contributed by atoms with E-state index in [9.17, 15) is 0 Å². The molecule has 12 rings (SSSR count). The summed E-state index contributed by atoms with van der Waals surface area (Å²) in [4.78, 5) is 7.64. The second-order valence-electron chi connectivity index (χ2n) is 24.8. The first-order valence-electron chi connectivity index (χ1n) is 26.7. The molecule has 3 nitrogen and oxygen atoms in total. The maximum Gasteiger partial charge on any atom is 0.252 e. The van der Waals surface area contributed by atoms with Gasteiger partial charge in [-0.1, -0.05) is 197 Å². The standard InChI is InChI=1S/C70H68BN3/c1-45-40-64-66-65(41-45)74(52-35-37-56-55-23-16-18-24-57(55)70(11,12)58(56)43-52)63-44-53(72(50-20-14-13-15-21-50)61-25-19-17-22-54(61)46-26-28-47(29-27-46)67(2,3)4)36-38-59(63)71(66)60-42-49(69(8,9)10)32-39-62(60)73(64)51-33-30-48(31-34-51)68(5,6)7/h13-44H,1-12H3. The second-order valence-corrected chi connectivity index (χ2v) is 24.8. The quantitative estimate of drug-likeness (QED) is 0.154. The SMILES string of the molecule is Cc1cc2c3c(c1)N(c1ccc4c(c1)C(C)(C)c1ccccc1-4)c1cc(N(c4ccccc4)c4ccccc4-c4ccc(C(C)(C)C)cc4)ccc1B3c1cc(C(C)(C)C)ccc1N2c1ccc(C(C)(C)C)cc1. The first kappa shape index (κ1) is 47.4. The number of aryl methyl sites for hydroxylation is 1. The van der Waals surface area contributed by atoms with Gasteiger partial charge in [0.05, 0.1) is 5.69 Å². The van der Waals surface area contributed by atoms with Gasteiger partial charge in [-0.25, -0.2) is 0 Å². The Bertz CT molecular complexity index is 3660. The van der Waals surface area contributed by atoms with Crippen molar-refractivity contribution in [2.75, 3.05) is 14.7 Å². The molecule has 0 amide bonds. The molecule has 9 aromatic rings. The fraction of sp³-hybridized carbons (Fsp3) is 0.229. The van der Waals surface area contributed by atoms with Crippen molar-refractivity contribution in [1.82, 2.24) is 0 Å². The number of hydrogen-bond acceptors (Lipinski definition) is 3. The molecule has 0 atom stereocenters. The summed E-state index contributed by atoms with van der Waals surface area (Å²) in [6, 6.07) is 74.2. The van der Waals surface area contributed by atoms with Gasteiger partial charge in [-0.15, -0.1) is 0 Å². The largest absolute Gasteiger partial charge is 0.311 e. The number of anilines is 9. The molecule has 1 aliphatic carbocycles. The molecule has 0 fully saturated rings. The predicted molar refractivity (Wildman–Crippen MR) is 319 cm³/mol. The Balaban J connectivity index is 1.13. The Labute approximate surface area is 441 Å². The summed E-state index contributed by atoms with van der Waals surface area (Å²) in [5.74, 6) is 0. The molecule has 2 heterocycles. The minimum Gasteiger partial charge on any atom is -0.311 e. The van der Waals surface area contributed by atoms with E-state index in [0.29, 0.717) is 0 Å². The van der Waals surface area contributed by atoms with Crippen molar-refractivity contribution in [3.8, 4) is 22.3 Å². The Morgan fingerprint density at radius 1 is 0.405 bits per heavy atom. The van der Waals surface area contributed by atoms with Crippen molar-refractivity contribution in [2.45, 2.75) is 105 Å². The van der Waals surface area contributed by atoms with Gasteiger partial charge < -0.3 is 14.7 Å². The molecule has 3 aliphatic rings. The smallest absolute Gasteiger partial charge is 0.252 e. The van der Waals surface area contributed by atoms with E-state index in [-0.39, 0.29) is 28.4 Å². The molecule has 74 heavy (non-hydrogen) atoms. The lowest BCUT2D eigenvalue weighted by molar-refractivity contribution is 0.590. The zero-order valence-corrected chi connectivity index (χ0v) is 45.4. The van der Waals surface area contributed by atoms with Crippen molar-refractivity contribution < 1.29 is 0 Å². The van der Waals surface area contributed by atoms with Gasteiger partial charge in [0, 0.05) is 56.5 Å². The van der Waals surface area contributed by atoms with E-state index in [2.05, 4.69) is 292 Å². The third-order valence-electron chi connectivity index (χ3n) is 16.4. The molecule has 0 radical (unpaired) electrons. The first-order chi connectivity index (χ1) is 35.3. The monoisotopic (exact) mass is 962 g/mol. The molecule has 0 bridgehead atoms. The maximum absolute atomic E-state index is 2.61. The van der Waals surface area contributed by atoms with Gasteiger partial charge >= 0.3 is 0 Å². The summed E-state index contributed by atoms with van der Waals surface area (Å²) in [6.45, 7) is 27.8. The Morgan fingerprint density at radius 2 is 0.959 bits per heavy atom. The van der Waals surface area contributed by atoms with Crippen LogP contribution in [0.1, 0.15) is 110 Å². The van der Waals surface area contributed by atoms with E-state index >= 15 is 0 Å². The van der Waals surface area contributed by atoms with Crippen LogP contribution in [0.4, 0.5) is 51.2 Å². The third-order valence-corrected chi connectivity index (χ3v) is 16.4. The fourth-order valence-corrected chi connectivity index (χ4v) is 12.3. The van der Waals surface area contributed by atoms with Crippen LogP contribution < -0.4 is 31.1 Å². The fourth-order valence-electron chi connectivity index (χ4n) is 12.3. The molecule has 0 spiro atoms. The first-order valence-corrected chi connectivity index (χ1v) is 26.7. The van der Waals surface area contributed by atoms with E-state index in [1.807, 2.05) is 0 Å². The van der Waals surface area contributed by atoms with Gasteiger partial charge in [0.25, 0.3) is 6.71 Å². The van der Waals surface area contributed by atoms with Crippen molar-refractivity contribution in [3.63, 3.8) is 0 Å². The van der Waals surface area contributed by atoms with Gasteiger partial charge in [-0.2, -0.15) is 0 Å². The highest BCUT2D eigenvalue weighted by atomic mass is 15.2. The minimum absolute atomic E-state index is 0.0304. The molecule has 2 aliphatic heterocycles. The Hall–Kier alpha value is -7.56. The molecule has 0 aromatic heterocycles. The summed E-state index contributed by atoms with van der Waals surface area (Å²) in [7, 11) is 0. The third kappa shape index (κ3) is 7.71. The molecule has 9 aromatic carbocycles. The highest BCUT2D eigenvalue weighted by Crippen LogP contribution is 2.53. The van der Waals surface area contributed by atoms with Crippen LogP contribution in [0.5, 0.6) is 0 Å². The van der Waals surface area contributed by atoms with Crippen molar-refractivity contribution >= 4 is 74.3 Å². The molecule has 0 saturated carbocycles. The summed E-state index contributed by atoms with van der Waals surface area (Å²) >= 11 is 0. The highest BCUT2D eigenvalue weighted by Gasteiger charge is 2.45. The van der Waals surface area contributed by atoms with E-state index < -0.39 is 0 Å². The zero-order chi connectivity index (χ0) is 51.6. The molecular formula is C70H68BN3. The molecule has 0 unspecified atom stereocenters. The molecule has 0 saturated heterocycles. The summed E-state index contributed by atoms with van der Waals surface area (Å²) in [5, 5.41) is 0. The predicted octanol–water partition coefficient (Wildman–Crippen LogP) is 17.4. The normalized spacial score (nSPS) is 14.2. The van der Waals surface area contributed by atoms with Crippen molar-refractivity contribution in [1.29, 1.82) is 0 Å². The zero-order valence-electron chi connectivity index (χ0n) is 45.4. The molecular weight excluding hydrogens is 894 g/mol. The molecule has 0 N–H and O–H groups in total. The highest BCUT2D eigenvalue weighted by molar-refractivity contribution is 7.00. The van der Waals surface area contributed by atoms with Crippen molar-refractivity contribution in [2.24, 2.45) is 0 Å². The van der Waals surface area contributed by atoms with Crippen LogP contribution in [0, 0.1) is 6.92 Å². The average molecular weight is 962 g/mol. The number of fused-ring (bicyclic) bond motifs is 7. The van der Waals surface area contributed by atoms with Crippen molar-refractivity contribution in [3.05, 3.63) is 228 Å². The van der Waals surface area contributed by atoms with E-state index in [4.69, 9.17) is 0 Å². The van der Waals surface area contributed by atoms with E-state index in [1.165, 1.54) is 100 Å². The van der Waals surface area contributed by atoms with Gasteiger partial charge in [0.1, 0.15) is 0 Å². The van der Waals surface area contributed by atoms with Crippen LogP contribution in [-0.2, 0) is 21.7 Å². The van der Waals surface area contributed by atoms with E-state index in [1.54, 1.807) is 0 Å². The lowest BCUT2D eigenvalue weighted by atomic mass is 9.33. The van der Waals surface area contributed by atoms with Crippen LogP contribution in [0.2, 0.25) is 0 Å². The Morgan fingerprint density at radius 3 is 1.62 bits per heavy atom. The minimum atomic E-state index is -0.172. The maximum atomic E-state index is 2.61. The van der Waals surface area contributed by atoms with Gasteiger partial charge in [-0.3, -0.25) is 0 Å². The van der Waals surface area contributed by atoms with Crippen LogP contribution in [-0.4, -0.2) is 6.71 Å². The Kier molecular flexibility index (Phi) is 10.9. The van der Waals surface area contributed by atoms with Gasteiger partial charge in [-0.05, 0) is 162 Å². The summed E-state index contributed by atoms with van der Waals surface area (Å²) in [5.41, 5.74) is 27.3. The molecule has 366 valence electrons. The average Bonchev–Trinajstić information content (AvgIpc) is 3.60. The number of nitrogens with zero attached hydrogens (tertiary/aromatic N) is 3. The lowest BCUT2D eigenvalue weighted by Crippen LogP contribution is -2.61. The number of rotatable bonds is 6. The summed E-state index contributed by atoms with van der Waals surface area (Å²) in [6.07, 6.45) is 0. The second kappa shape index (κ2) is 17.0. The van der Waals surface area contributed by atoms with E-state index in [0.717, 1.165) is 22.7 Å². The number of benzene rings is 9. The molecule has 4 heteroatoms. The van der Waals surface area contributed by atoms with Gasteiger partial charge in [0.2, 0.25) is 0 Å². The van der Waals surface area contributed by atoms with Gasteiger partial charge in [0.15, 0.2) is 0 Å². The summed E-state index contributed by atoms with van der Waals surface area (Å²) < 4.78 is 0. The number of hydrogen-bond donors (Lipinski definition) is 0. The van der Waals surface area contributed by atoms with Crippen LogP contribution >= 0.6 is 0 Å². The number of para-hydroxylation sites is 2. The van der Waals surface area contributed by atoms with Crippen LogP contribution in [0.3, 0.4) is 0 Å². The van der Waals surface area contributed by atoms with Crippen LogP contribution in [0.25, 0.3) is 22.3 Å². The van der Waals surface area contributed by atoms with Crippen LogP contribution in [0.15, 0.2) is 194 Å². The lowest BCUT2D eigenvalue weighted by Gasteiger charge is -2.45.